The minimum atomic E-state index is -0.245. The molecule has 0 saturated carbocycles. The fourth-order valence-corrected chi connectivity index (χ4v) is 1.99. The first-order valence-corrected chi connectivity index (χ1v) is 6.54. The highest BCUT2D eigenvalue weighted by atomic mass is 16.5. The first-order chi connectivity index (χ1) is 8.79. The van der Waals surface area contributed by atoms with Crippen molar-refractivity contribution in [2.75, 3.05) is 25.0 Å². The molecule has 1 heterocycles. The average Bonchev–Trinajstić information content (AvgIpc) is 2.89. The van der Waals surface area contributed by atoms with Crippen molar-refractivity contribution in [2.24, 2.45) is 0 Å². The lowest BCUT2D eigenvalue weighted by atomic mass is 10.2. The summed E-state index contributed by atoms with van der Waals surface area (Å²) in [6, 6.07) is 7.97. The molecule has 1 aromatic rings. The Bertz CT molecular complexity index is 383. The van der Waals surface area contributed by atoms with Gasteiger partial charge in [-0.1, -0.05) is 6.92 Å². The smallest absolute Gasteiger partial charge is 0.338 e. The lowest BCUT2D eigenvalue weighted by Gasteiger charge is -2.13. The Morgan fingerprint density at radius 2 is 2.22 bits per heavy atom. The van der Waals surface area contributed by atoms with Gasteiger partial charge in [0.1, 0.15) is 0 Å². The average molecular weight is 248 g/mol. The maximum Gasteiger partial charge on any atom is 0.338 e. The van der Waals surface area contributed by atoms with Crippen LogP contribution < -0.4 is 10.6 Å². The minimum absolute atomic E-state index is 0.245. The summed E-state index contributed by atoms with van der Waals surface area (Å²) < 4.78 is 5.08. The van der Waals surface area contributed by atoms with Gasteiger partial charge < -0.3 is 15.4 Å². The van der Waals surface area contributed by atoms with Crippen LogP contribution in [0.3, 0.4) is 0 Å². The van der Waals surface area contributed by atoms with Crippen LogP contribution in [-0.2, 0) is 4.74 Å². The van der Waals surface area contributed by atoms with E-state index in [1.807, 2.05) is 31.2 Å². The standard InChI is InChI=1S/C14H20N2O2/c1-2-9-18-14(17)11-3-5-12(6-4-11)16-13-7-8-15-10-13/h3-6,13,15-16H,2,7-10H2,1H3. The summed E-state index contributed by atoms with van der Waals surface area (Å²) in [6.45, 7) is 4.53. The Morgan fingerprint density at radius 3 is 2.83 bits per heavy atom. The van der Waals surface area contributed by atoms with Crippen molar-refractivity contribution in [2.45, 2.75) is 25.8 Å². The predicted octanol–water partition coefficient (Wildman–Crippen LogP) is 2.03. The Balaban J connectivity index is 1.90. The first kappa shape index (κ1) is 12.9. The molecule has 0 aromatic heterocycles. The Morgan fingerprint density at radius 1 is 1.44 bits per heavy atom. The molecule has 98 valence electrons. The molecule has 0 aliphatic carbocycles. The van der Waals surface area contributed by atoms with Gasteiger partial charge in [-0.2, -0.15) is 0 Å². The number of esters is 1. The molecule has 1 saturated heterocycles. The summed E-state index contributed by atoms with van der Waals surface area (Å²) >= 11 is 0. The minimum Gasteiger partial charge on any atom is -0.462 e. The van der Waals surface area contributed by atoms with E-state index in [9.17, 15) is 4.79 Å². The molecule has 4 heteroatoms. The van der Waals surface area contributed by atoms with Gasteiger partial charge in [-0.15, -0.1) is 0 Å². The summed E-state index contributed by atoms with van der Waals surface area (Å²) in [7, 11) is 0. The normalized spacial score (nSPS) is 18.6. The van der Waals surface area contributed by atoms with Gasteiger partial charge in [-0.3, -0.25) is 0 Å². The molecule has 18 heavy (non-hydrogen) atoms. The highest BCUT2D eigenvalue weighted by molar-refractivity contribution is 5.89. The van der Waals surface area contributed by atoms with E-state index in [0.717, 1.165) is 31.6 Å². The maximum atomic E-state index is 11.6. The summed E-state index contributed by atoms with van der Waals surface area (Å²) in [6.07, 6.45) is 1.99. The molecule has 0 amide bonds. The van der Waals surface area contributed by atoms with E-state index in [4.69, 9.17) is 4.74 Å². The van der Waals surface area contributed by atoms with Crippen LogP contribution in [0.15, 0.2) is 24.3 Å². The van der Waals surface area contributed by atoms with Gasteiger partial charge in [0.2, 0.25) is 0 Å². The lowest BCUT2D eigenvalue weighted by Crippen LogP contribution is -2.22. The van der Waals surface area contributed by atoms with E-state index >= 15 is 0 Å². The number of carbonyl (C=O) groups excluding carboxylic acids is 1. The molecule has 0 radical (unpaired) electrons. The van der Waals surface area contributed by atoms with E-state index in [1.165, 1.54) is 0 Å². The molecular weight excluding hydrogens is 228 g/mol. The van der Waals surface area contributed by atoms with Gasteiger partial charge in [0.25, 0.3) is 0 Å². The maximum absolute atomic E-state index is 11.6. The number of benzene rings is 1. The van der Waals surface area contributed by atoms with E-state index < -0.39 is 0 Å². The van der Waals surface area contributed by atoms with E-state index in [-0.39, 0.29) is 5.97 Å². The third kappa shape index (κ3) is 3.47. The fraction of sp³-hybridized carbons (Fsp3) is 0.500. The molecule has 1 atom stereocenters. The van der Waals surface area contributed by atoms with Gasteiger partial charge in [0.15, 0.2) is 0 Å². The van der Waals surface area contributed by atoms with Crippen molar-refractivity contribution < 1.29 is 9.53 Å². The zero-order chi connectivity index (χ0) is 12.8. The second kappa shape index (κ2) is 6.40. The van der Waals surface area contributed by atoms with Crippen molar-refractivity contribution in [3.05, 3.63) is 29.8 Å². The lowest BCUT2D eigenvalue weighted by molar-refractivity contribution is 0.0505. The summed E-state index contributed by atoms with van der Waals surface area (Å²) in [5, 5.41) is 6.74. The summed E-state index contributed by atoms with van der Waals surface area (Å²) in [5.41, 5.74) is 1.66. The molecule has 1 aromatic carbocycles. The monoisotopic (exact) mass is 248 g/mol. The topological polar surface area (TPSA) is 50.4 Å². The molecule has 1 fully saturated rings. The van der Waals surface area contributed by atoms with Crippen LogP contribution in [0.2, 0.25) is 0 Å². The van der Waals surface area contributed by atoms with Crippen molar-refractivity contribution in [3.8, 4) is 0 Å². The van der Waals surface area contributed by atoms with Crippen molar-refractivity contribution in [1.29, 1.82) is 0 Å². The quantitative estimate of drug-likeness (QED) is 0.783. The van der Waals surface area contributed by atoms with Crippen LogP contribution >= 0.6 is 0 Å². The predicted molar refractivity (Wildman–Crippen MR) is 71.9 cm³/mol. The number of hydrogen-bond acceptors (Lipinski definition) is 4. The van der Waals surface area contributed by atoms with Gasteiger partial charge in [-0.05, 0) is 43.7 Å². The molecule has 1 aliphatic heterocycles. The van der Waals surface area contributed by atoms with Crippen LogP contribution in [0.4, 0.5) is 5.69 Å². The van der Waals surface area contributed by atoms with Gasteiger partial charge in [0.05, 0.1) is 12.2 Å². The highest BCUT2D eigenvalue weighted by Gasteiger charge is 2.14. The molecule has 0 spiro atoms. The molecule has 0 bridgehead atoms. The number of nitrogens with one attached hydrogen (secondary N) is 2. The molecule has 1 unspecified atom stereocenters. The number of ether oxygens (including phenoxy) is 1. The van der Waals surface area contributed by atoms with Crippen molar-refractivity contribution >= 4 is 11.7 Å². The van der Waals surface area contributed by atoms with Gasteiger partial charge >= 0.3 is 5.97 Å². The van der Waals surface area contributed by atoms with Crippen molar-refractivity contribution in [1.82, 2.24) is 5.32 Å². The van der Waals surface area contributed by atoms with E-state index in [1.54, 1.807) is 0 Å². The summed E-state index contributed by atoms with van der Waals surface area (Å²) in [4.78, 5) is 11.6. The largest absolute Gasteiger partial charge is 0.462 e. The molecular formula is C14H20N2O2. The molecule has 1 aliphatic rings. The van der Waals surface area contributed by atoms with Crippen LogP contribution in [-0.4, -0.2) is 31.7 Å². The molecule has 2 rings (SSSR count). The van der Waals surface area contributed by atoms with Crippen molar-refractivity contribution in [3.63, 3.8) is 0 Å². The van der Waals surface area contributed by atoms with Gasteiger partial charge in [0, 0.05) is 18.3 Å². The molecule has 2 N–H and O–H groups in total. The number of hydrogen-bond donors (Lipinski definition) is 2. The van der Waals surface area contributed by atoms with Gasteiger partial charge in [-0.25, -0.2) is 4.79 Å². The summed E-state index contributed by atoms with van der Waals surface area (Å²) in [5.74, 6) is -0.245. The Hall–Kier alpha value is -1.55. The number of carbonyl (C=O) groups is 1. The van der Waals surface area contributed by atoms with Crippen LogP contribution in [0, 0.1) is 0 Å². The number of anilines is 1. The fourth-order valence-electron chi connectivity index (χ4n) is 1.99. The van der Waals surface area contributed by atoms with Crippen LogP contribution in [0.1, 0.15) is 30.1 Å². The van der Waals surface area contributed by atoms with Crippen LogP contribution in [0.5, 0.6) is 0 Å². The Labute approximate surface area is 108 Å². The number of rotatable bonds is 5. The zero-order valence-corrected chi connectivity index (χ0v) is 10.7. The van der Waals surface area contributed by atoms with E-state index in [0.29, 0.717) is 18.2 Å². The SMILES string of the molecule is CCCOC(=O)c1ccc(NC2CCNC2)cc1. The third-order valence-corrected chi connectivity index (χ3v) is 2.99. The highest BCUT2D eigenvalue weighted by Crippen LogP contribution is 2.13. The van der Waals surface area contributed by atoms with Crippen LogP contribution in [0.25, 0.3) is 0 Å². The van der Waals surface area contributed by atoms with E-state index in [2.05, 4.69) is 10.6 Å². The second-order valence-electron chi connectivity index (χ2n) is 4.55. The first-order valence-electron chi connectivity index (χ1n) is 6.54. The molecule has 4 nitrogen and oxygen atoms in total. The zero-order valence-electron chi connectivity index (χ0n) is 10.7. The Kier molecular flexibility index (Phi) is 4.59. The second-order valence-corrected chi connectivity index (χ2v) is 4.55. The third-order valence-electron chi connectivity index (χ3n) is 2.99.